The van der Waals surface area contributed by atoms with Crippen LogP contribution in [0.3, 0.4) is 0 Å². The number of halogens is 3. The van der Waals surface area contributed by atoms with Crippen molar-refractivity contribution in [1.82, 2.24) is 0 Å². The lowest BCUT2D eigenvalue weighted by atomic mass is 10.2. The Hall–Kier alpha value is -2.35. The third kappa shape index (κ3) is 4.35. The summed E-state index contributed by atoms with van der Waals surface area (Å²) in [7, 11) is 2.76. The maximum atomic E-state index is 14.0. The van der Waals surface area contributed by atoms with Crippen LogP contribution in [-0.2, 0) is 0 Å². The number of thioether (sulfide) groups is 1. The lowest BCUT2D eigenvalue weighted by Gasteiger charge is -2.12. The van der Waals surface area contributed by atoms with Crippen molar-refractivity contribution in [2.24, 2.45) is 0 Å². The molecule has 24 heavy (non-hydrogen) atoms. The van der Waals surface area contributed by atoms with Crippen molar-refractivity contribution in [2.45, 2.75) is 10.7 Å². The van der Waals surface area contributed by atoms with Gasteiger partial charge in [-0.3, -0.25) is 4.79 Å². The third-order valence-electron chi connectivity index (χ3n) is 3.06. The first-order valence-corrected chi connectivity index (χ1v) is 7.60. The van der Waals surface area contributed by atoms with Gasteiger partial charge in [0.2, 0.25) is 0 Å². The number of hydrogen-bond acceptors (Lipinski definition) is 4. The molecule has 2 aromatic rings. The van der Waals surface area contributed by atoms with Crippen molar-refractivity contribution < 1.29 is 27.4 Å². The first-order valence-electron chi connectivity index (χ1n) is 6.72. The highest BCUT2D eigenvalue weighted by molar-refractivity contribution is 7.99. The van der Waals surface area contributed by atoms with Gasteiger partial charge in [-0.1, -0.05) is 11.8 Å². The van der Waals surface area contributed by atoms with Crippen LogP contribution < -0.4 is 14.8 Å². The van der Waals surface area contributed by atoms with Gasteiger partial charge in [-0.25, -0.2) is 4.39 Å². The Balaban J connectivity index is 2.17. The number of rotatable bonds is 6. The normalized spacial score (nSPS) is 10.6. The Morgan fingerprint density at radius 2 is 1.67 bits per heavy atom. The molecule has 0 atom stereocenters. The SMILES string of the molecule is COc1cc(F)c(NC(=O)c2ccc(SC(F)F)cc2)cc1OC. The maximum Gasteiger partial charge on any atom is 0.288 e. The quantitative estimate of drug-likeness (QED) is 0.778. The summed E-state index contributed by atoms with van der Waals surface area (Å²) < 4.78 is 48.5. The predicted octanol–water partition coefficient (Wildman–Crippen LogP) is 4.41. The topological polar surface area (TPSA) is 47.6 Å². The molecule has 0 aliphatic rings. The molecule has 0 radical (unpaired) electrons. The number of amides is 1. The van der Waals surface area contributed by atoms with Crippen LogP contribution in [0, 0.1) is 5.82 Å². The average Bonchev–Trinajstić information content (AvgIpc) is 2.56. The largest absolute Gasteiger partial charge is 0.493 e. The number of benzene rings is 2. The minimum Gasteiger partial charge on any atom is -0.493 e. The highest BCUT2D eigenvalue weighted by Gasteiger charge is 2.15. The van der Waals surface area contributed by atoms with Crippen LogP contribution in [0.1, 0.15) is 10.4 Å². The highest BCUT2D eigenvalue weighted by Crippen LogP contribution is 2.32. The smallest absolute Gasteiger partial charge is 0.288 e. The number of ether oxygens (including phenoxy) is 2. The lowest BCUT2D eigenvalue weighted by molar-refractivity contribution is 0.102. The zero-order valence-corrected chi connectivity index (χ0v) is 13.6. The number of methoxy groups -OCH3 is 2. The molecule has 0 aromatic heterocycles. The van der Waals surface area contributed by atoms with Crippen molar-refractivity contribution in [3.05, 3.63) is 47.8 Å². The minimum absolute atomic E-state index is 0.0799. The van der Waals surface area contributed by atoms with Crippen LogP contribution in [0.25, 0.3) is 0 Å². The standard InChI is InChI=1S/C16H14F3NO3S/c1-22-13-7-11(17)12(8-14(13)23-2)20-15(21)9-3-5-10(6-4-9)24-16(18)19/h3-8,16H,1-2H3,(H,20,21). The summed E-state index contributed by atoms with van der Waals surface area (Å²) in [4.78, 5) is 12.5. The van der Waals surface area contributed by atoms with E-state index >= 15 is 0 Å². The summed E-state index contributed by atoms with van der Waals surface area (Å²) in [6, 6.07) is 7.97. The Morgan fingerprint density at radius 1 is 1.08 bits per heavy atom. The number of alkyl halides is 2. The van der Waals surface area contributed by atoms with Gasteiger partial charge < -0.3 is 14.8 Å². The third-order valence-corrected chi connectivity index (χ3v) is 3.79. The minimum atomic E-state index is -2.54. The summed E-state index contributed by atoms with van der Waals surface area (Å²) in [6.45, 7) is 0. The van der Waals surface area contributed by atoms with Crippen LogP contribution in [0.4, 0.5) is 18.9 Å². The van der Waals surface area contributed by atoms with Gasteiger partial charge in [-0.05, 0) is 24.3 Å². The van der Waals surface area contributed by atoms with E-state index in [4.69, 9.17) is 9.47 Å². The van der Waals surface area contributed by atoms with E-state index in [1.807, 2.05) is 0 Å². The van der Waals surface area contributed by atoms with E-state index in [0.29, 0.717) is 16.7 Å². The van der Waals surface area contributed by atoms with E-state index < -0.39 is 17.5 Å². The van der Waals surface area contributed by atoms with E-state index in [2.05, 4.69) is 5.32 Å². The molecule has 0 aliphatic heterocycles. The lowest BCUT2D eigenvalue weighted by Crippen LogP contribution is -2.13. The average molecular weight is 357 g/mol. The molecule has 0 fully saturated rings. The molecule has 0 unspecified atom stereocenters. The summed E-state index contributed by atoms with van der Waals surface area (Å²) in [5.74, 6) is -3.34. The van der Waals surface area contributed by atoms with Crippen LogP contribution in [0.5, 0.6) is 11.5 Å². The number of hydrogen-bond donors (Lipinski definition) is 1. The second-order valence-electron chi connectivity index (χ2n) is 4.54. The Bertz CT molecular complexity index is 723. The molecule has 1 amide bonds. The number of carbonyl (C=O) groups excluding carboxylic acids is 1. The van der Waals surface area contributed by atoms with Crippen LogP contribution >= 0.6 is 11.8 Å². The molecule has 0 saturated heterocycles. The molecule has 4 nitrogen and oxygen atoms in total. The van der Waals surface area contributed by atoms with Gasteiger partial charge in [0.1, 0.15) is 0 Å². The van der Waals surface area contributed by atoms with E-state index in [0.717, 1.165) is 6.07 Å². The Labute approximate surface area is 141 Å². The molecule has 2 rings (SSSR count). The fourth-order valence-electron chi connectivity index (χ4n) is 1.93. The van der Waals surface area contributed by atoms with Gasteiger partial charge in [0.05, 0.1) is 19.9 Å². The second kappa shape index (κ2) is 7.96. The van der Waals surface area contributed by atoms with Crippen molar-refractivity contribution in [3.8, 4) is 11.5 Å². The summed E-state index contributed by atoms with van der Waals surface area (Å²) in [5.41, 5.74) is 0.131. The molecule has 0 aliphatic carbocycles. The second-order valence-corrected chi connectivity index (χ2v) is 5.61. The van der Waals surface area contributed by atoms with Crippen LogP contribution in [-0.4, -0.2) is 25.9 Å². The van der Waals surface area contributed by atoms with E-state index in [1.165, 1.54) is 44.6 Å². The number of carbonyl (C=O) groups is 1. The van der Waals surface area contributed by atoms with Crippen molar-refractivity contribution in [1.29, 1.82) is 0 Å². The Morgan fingerprint density at radius 3 is 2.21 bits per heavy atom. The molecule has 0 spiro atoms. The Kier molecular flexibility index (Phi) is 5.97. The predicted molar refractivity (Wildman–Crippen MR) is 85.8 cm³/mol. The van der Waals surface area contributed by atoms with E-state index in [1.54, 1.807) is 0 Å². The maximum absolute atomic E-state index is 14.0. The monoisotopic (exact) mass is 357 g/mol. The fourth-order valence-corrected chi connectivity index (χ4v) is 2.43. The summed E-state index contributed by atoms with van der Waals surface area (Å²) in [6.07, 6.45) is 0. The van der Waals surface area contributed by atoms with Gasteiger partial charge >= 0.3 is 0 Å². The van der Waals surface area contributed by atoms with Crippen molar-refractivity contribution in [3.63, 3.8) is 0 Å². The molecule has 128 valence electrons. The van der Waals surface area contributed by atoms with Crippen LogP contribution in [0.15, 0.2) is 41.3 Å². The number of anilines is 1. The first-order chi connectivity index (χ1) is 11.4. The molecular weight excluding hydrogens is 343 g/mol. The zero-order valence-electron chi connectivity index (χ0n) is 12.8. The molecule has 2 aromatic carbocycles. The molecule has 0 heterocycles. The first kappa shape index (κ1) is 18.0. The molecule has 1 N–H and O–H groups in total. The summed E-state index contributed by atoms with van der Waals surface area (Å²) >= 11 is 0.379. The van der Waals surface area contributed by atoms with E-state index in [9.17, 15) is 18.0 Å². The summed E-state index contributed by atoms with van der Waals surface area (Å²) in [5, 5.41) is 2.41. The fraction of sp³-hybridized carbons (Fsp3) is 0.188. The van der Waals surface area contributed by atoms with Crippen molar-refractivity contribution in [2.75, 3.05) is 19.5 Å². The van der Waals surface area contributed by atoms with Gasteiger partial charge in [0.15, 0.2) is 17.3 Å². The molecule has 0 bridgehead atoms. The van der Waals surface area contributed by atoms with Gasteiger partial charge in [0.25, 0.3) is 11.7 Å². The van der Waals surface area contributed by atoms with Crippen LogP contribution in [0.2, 0.25) is 0 Å². The van der Waals surface area contributed by atoms with Gasteiger partial charge in [0, 0.05) is 22.6 Å². The number of nitrogens with one attached hydrogen (secondary N) is 1. The zero-order chi connectivity index (χ0) is 17.7. The molecule has 8 heteroatoms. The molecular formula is C16H14F3NO3S. The van der Waals surface area contributed by atoms with E-state index in [-0.39, 0.29) is 22.7 Å². The molecule has 0 saturated carbocycles. The van der Waals surface area contributed by atoms with Crippen molar-refractivity contribution >= 4 is 23.4 Å². The van der Waals surface area contributed by atoms with Gasteiger partial charge in [-0.15, -0.1) is 0 Å². The highest BCUT2D eigenvalue weighted by atomic mass is 32.2. The van der Waals surface area contributed by atoms with Gasteiger partial charge in [-0.2, -0.15) is 8.78 Å².